The van der Waals surface area contributed by atoms with Crippen LogP contribution in [-0.4, -0.2) is 40.7 Å². The summed E-state index contributed by atoms with van der Waals surface area (Å²) >= 11 is 0. The van der Waals surface area contributed by atoms with Gasteiger partial charge in [-0.2, -0.15) is 5.26 Å². The van der Waals surface area contributed by atoms with Crippen molar-refractivity contribution < 1.29 is 9.53 Å². The quantitative estimate of drug-likeness (QED) is 0.924. The number of hydrogen-bond donors (Lipinski definition) is 1. The minimum Gasteiger partial charge on any atom is -0.444 e. The smallest absolute Gasteiger partial charge is 0.410 e. The number of carbonyl (C=O) groups excluding carboxylic acids is 1. The van der Waals surface area contributed by atoms with Crippen molar-refractivity contribution in [1.29, 1.82) is 5.26 Å². The van der Waals surface area contributed by atoms with Crippen LogP contribution >= 0.6 is 0 Å². The average molecular weight is 316 g/mol. The minimum absolute atomic E-state index is 0.234. The maximum absolute atomic E-state index is 11.9. The van der Waals surface area contributed by atoms with Crippen LogP contribution in [0.25, 0.3) is 0 Å². The predicted molar refractivity (Wildman–Crippen MR) is 88.0 cm³/mol. The second-order valence-corrected chi connectivity index (χ2v) is 7.07. The summed E-state index contributed by atoms with van der Waals surface area (Å²) in [7, 11) is 0. The third kappa shape index (κ3) is 5.13. The largest absolute Gasteiger partial charge is 0.444 e. The Balaban J connectivity index is 1.75. The number of nitrogens with zero attached hydrogens (tertiary/aromatic N) is 3. The number of pyridine rings is 1. The third-order valence-corrected chi connectivity index (χ3v) is 3.58. The molecule has 1 amide bonds. The number of nitrogens with one attached hydrogen (secondary N) is 1. The fourth-order valence-electron chi connectivity index (χ4n) is 2.62. The summed E-state index contributed by atoms with van der Waals surface area (Å²) in [6.07, 6.45) is 2.35. The summed E-state index contributed by atoms with van der Waals surface area (Å²) < 4.78 is 5.35. The summed E-state index contributed by atoms with van der Waals surface area (Å²) in [5.41, 5.74) is 0.853. The van der Waals surface area contributed by atoms with Gasteiger partial charge in [-0.25, -0.2) is 9.78 Å². The average Bonchev–Trinajstić information content (AvgIpc) is 2.40. The van der Waals surface area contributed by atoms with E-state index in [4.69, 9.17) is 10.00 Å². The second-order valence-electron chi connectivity index (χ2n) is 7.07. The van der Waals surface area contributed by atoms with Crippen LogP contribution in [0.2, 0.25) is 0 Å². The number of rotatable bonds is 4. The summed E-state index contributed by atoms with van der Waals surface area (Å²) in [5, 5.41) is 12.2. The molecule has 6 nitrogen and oxygen atoms in total. The first-order valence-electron chi connectivity index (χ1n) is 7.87. The lowest BCUT2D eigenvalue weighted by Crippen LogP contribution is -2.52. The number of ether oxygens (including phenoxy) is 1. The van der Waals surface area contributed by atoms with E-state index < -0.39 is 5.60 Å². The van der Waals surface area contributed by atoms with E-state index in [2.05, 4.69) is 17.2 Å². The Morgan fingerprint density at radius 1 is 1.57 bits per heavy atom. The molecule has 6 heteroatoms. The van der Waals surface area contributed by atoms with Crippen LogP contribution < -0.4 is 5.32 Å². The maximum atomic E-state index is 11.9. The van der Waals surface area contributed by atoms with Crippen LogP contribution in [0.1, 0.15) is 39.8 Å². The molecule has 0 bridgehead atoms. The van der Waals surface area contributed by atoms with Crippen molar-refractivity contribution in [2.75, 3.05) is 18.4 Å². The van der Waals surface area contributed by atoms with Crippen molar-refractivity contribution >= 4 is 11.8 Å². The second kappa shape index (κ2) is 6.86. The lowest BCUT2D eigenvalue weighted by atomic mass is 9.93. The lowest BCUT2D eigenvalue weighted by Gasteiger charge is -2.41. The van der Waals surface area contributed by atoms with E-state index >= 15 is 0 Å². The van der Waals surface area contributed by atoms with Crippen molar-refractivity contribution in [3.8, 4) is 6.07 Å². The molecule has 0 aromatic carbocycles. The molecule has 0 spiro atoms. The molecule has 23 heavy (non-hydrogen) atoms. The van der Waals surface area contributed by atoms with Gasteiger partial charge in [0, 0.05) is 31.0 Å². The lowest BCUT2D eigenvalue weighted by molar-refractivity contribution is -0.00257. The number of carbonyl (C=O) groups is 1. The first-order valence-corrected chi connectivity index (χ1v) is 7.87. The molecule has 2 heterocycles. The van der Waals surface area contributed by atoms with Crippen LogP contribution in [0.15, 0.2) is 18.3 Å². The number of likely N-dealkylation sites (tertiary alicyclic amines) is 1. The van der Waals surface area contributed by atoms with Gasteiger partial charge in [0.2, 0.25) is 0 Å². The zero-order valence-electron chi connectivity index (χ0n) is 14.2. The zero-order chi connectivity index (χ0) is 17.0. The fraction of sp³-hybridized carbons (Fsp3) is 0.588. The van der Waals surface area contributed by atoms with Gasteiger partial charge in [-0.15, -0.1) is 0 Å². The molecular formula is C17H24N4O2. The van der Waals surface area contributed by atoms with Gasteiger partial charge < -0.3 is 15.0 Å². The Labute approximate surface area is 137 Å². The van der Waals surface area contributed by atoms with Gasteiger partial charge in [0.05, 0.1) is 0 Å². The molecule has 1 fully saturated rings. The van der Waals surface area contributed by atoms with Gasteiger partial charge >= 0.3 is 6.09 Å². The molecule has 0 aliphatic carbocycles. The van der Waals surface area contributed by atoms with Gasteiger partial charge in [-0.3, -0.25) is 0 Å². The van der Waals surface area contributed by atoms with E-state index in [1.165, 1.54) is 0 Å². The van der Waals surface area contributed by atoms with Crippen LogP contribution in [0.5, 0.6) is 0 Å². The summed E-state index contributed by atoms with van der Waals surface area (Å²) in [6, 6.07) is 5.88. The standard InChI is InChI=1S/C17H24N4O2/c1-12(20-14-5-6-19-15(8-14)9-18)7-13-10-21(11-13)16(22)23-17(2,3)4/h5-6,8,12-13H,7,10-11H2,1-4H3,(H,19,20). The van der Waals surface area contributed by atoms with E-state index in [0.29, 0.717) is 11.6 Å². The Morgan fingerprint density at radius 2 is 2.26 bits per heavy atom. The number of nitriles is 1. The van der Waals surface area contributed by atoms with Gasteiger partial charge in [0.1, 0.15) is 17.4 Å². The van der Waals surface area contributed by atoms with Crippen LogP contribution in [-0.2, 0) is 4.74 Å². The molecule has 1 saturated heterocycles. The molecule has 0 saturated carbocycles. The number of anilines is 1. The van der Waals surface area contributed by atoms with Gasteiger partial charge in [0.15, 0.2) is 0 Å². The van der Waals surface area contributed by atoms with Crippen LogP contribution in [0.4, 0.5) is 10.5 Å². The van der Waals surface area contributed by atoms with Crippen molar-refractivity contribution in [2.24, 2.45) is 5.92 Å². The summed E-state index contributed by atoms with van der Waals surface area (Å²) in [6.45, 7) is 9.19. The zero-order valence-corrected chi connectivity index (χ0v) is 14.2. The van der Waals surface area contributed by atoms with Crippen LogP contribution in [0, 0.1) is 17.2 Å². The molecule has 1 atom stereocenters. The first kappa shape index (κ1) is 17.1. The summed E-state index contributed by atoms with van der Waals surface area (Å²) in [5.74, 6) is 0.474. The Bertz CT molecular complexity index is 597. The van der Waals surface area contributed by atoms with Gasteiger partial charge in [-0.05, 0) is 52.2 Å². The number of amides is 1. The SMILES string of the molecule is CC(CC1CN(C(=O)OC(C)(C)C)C1)Nc1ccnc(C#N)c1. The van der Waals surface area contributed by atoms with E-state index in [-0.39, 0.29) is 12.1 Å². The van der Waals surface area contributed by atoms with Crippen molar-refractivity contribution in [1.82, 2.24) is 9.88 Å². The maximum Gasteiger partial charge on any atom is 0.410 e. The topological polar surface area (TPSA) is 78.2 Å². The molecule has 1 N–H and O–H groups in total. The fourth-order valence-corrected chi connectivity index (χ4v) is 2.62. The van der Waals surface area contributed by atoms with E-state index in [1.807, 2.05) is 32.9 Å². The highest BCUT2D eigenvalue weighted by Gasteiger charge is 2.34. The van der Waals surface area contributed by atoms with E-state index in [9.17, 15) is 4.79 Å². The Hall–Kier alpha value is -2.29. The number of aromatic nitrogens is 1. The predicted octanol–water partition coefficient (Wildman–Crippen LogP) is 3.01. The van der Waals surface area contributed by atoms with Gasteiger partial charge in [0.25, 0.3) is 0 Å². The minimum atomic E-state index is -0.448. The monoisotopic (exact) mass is 316 g/mol. The van der Waals surface area contributed by atoms with Crippen molar-refractivity contribution in [3.63, 3.8) is 0 Å². The highest BCUT2D eigenvalue weighted by atomic mass is 16.6. The van der Waals surface area contributed by atoms with E-state index in [0.717, 1.165) is 25.2 Å². The highest BCUT2D eigenvalue weighted by Crippen LogP contribution is 2.24. The Kier molecular flexibility index (Phi) is 5.09. The summed E-state index contributed by atoms with van der Waals surface area (Å²) in [4.78, 5) is 17.6. The highest BCUT2D eigenvalue weighted by molar-refractivity contribution is 5.69. The molecule has 1 aromatic heterocycles. The normalized spacial score (nSPS) is 16.2. The molecule has 124 valence electrons. The van der Waals surface area contributed by atoms with Crippen molar-refractivity contribution in [2.45, 2.75) is 45.8 Å². The molecule has 2 rings (SSSR count). The molecule has 1 aliphatic heterocycles. The van der Waals surface area contributed by atoms with Crippen LogP contribution in [0.3, 0.4) is 0 Å². The molecule has 0 radical (unpaired) electrons. The first-order chi connectivity index (χ1) is 10.8. The molecule has 1 aromatic rings. The molecule has 1 aliphatic rings. The van der Waals surface area contributed by atoms with Crippen molar-refractivity contribution in [3.05, 3.63) is 24.0 Å². The molecular weight excluding hydrogens is 292 g/mol. The van der Waals surface area contributed by atoms with Gasteiger partial charge in [-0.1, -0.05) is 0 Å². The number of hydrogen-bond acceptors (Lipinski definition) is 5. The Morgan fingerprint density at radius 3 is 2.87 bits per heavy atom. The molecule has 1 unspecified atom stereocenters. The van der Waals surface area contributed by atoms with E-state index in [1.54, 1.807) is 17.2 Å². The third-order valence-electron chi connectivity index (χ3n) is 3.58.